The molecular weight excluding hydrogens is 280 g/mol. The van der Waals surface area contributed by atoms with E-state index in [4.69, 9.17) is 18.9 Å². The summed E-state index contributed by atoms with van der Waals surface area (Å²) < 4.78 is 20.9. The third-order valence-electron chi connectivity index (χ3n) is 3.55. The molecule has 7 nitrogen and oxygen atoms in total. The van der Waals surface area contributed by atoms with Gasteiger partial charge in [-0.2, -0.15) is 0 Å². The topological polar surface area (TPSA) is 88.1 Å². The van der Waals surface area contributed by atoms with Crippen LogP contribution in [0.1, 0.15) is 34.6 Å². The van der Waals surface area contributed by atoms with Crippen LogP contribution in [0.3, 0.4) is 0 Å². The van der Waals surface area contributed by atoms with E-state index >= 15 is 0 Å². The van der Waals surface area contributed by atoms with Crippen molar-refractivity contribution in [3.8, 4) is 0 Å². The van der Waals surface area contributed by atoms with Gasteiger partial charge in [0.25, 0.3) is 0 Å². The fourth-order valence-corrected chi connectivity index (χ4v) is 2.26. The van der Waals surface area contributed by atoms with Crippen molar-refractivity contribution in [3.05, 3.63) is 0 Å². The van der Waals surface area contributed by atoms with E-state index in [0.29, 0.717) is 0 Å². The number of rotatable bonds is 4. The first kappa shape index (κ1) is 17.4. The van der Waals surface area contributed by atoms with E-state index in [1.807, 2.05) is 13.8 Å². The zero-order valence-corrected chi connectivity index (χ0v) is 13.0. The Balaban J connectivity index is 2.84. The third kappa shape index (κ3) is 5.00. The summed E-state index contributed by atoms with van der Waals surface area (Å²) in [6, 6.07) is 0. The number of esters is 3. The lowest BCUT2D eigenvalue weighted by Crippen LogP contribution is -2.53. The zero-order valence-electron chi connectivity index (χ0n) is 13.0. The summed E-state index contributed by atoms with van der Waals surface area (Å²) in [5, 5.41) is 0. The van der Waals surface area contributed by atoms with Gasteiger partial charge in [-0.25, -0.2) is 0 Å². The Labute approximate surface area is 123 Å². The Morgan fingerprint density at radius 2 is 1.48 bits per heavy atom. The summed E-state index contributed by atoms with van der Waals surface area (Å²) in [7, 11) is 0. The summed E-state index contributed by atoms with van der Waals surface area (Å²) in [6.07, 6.45) is -2.12. The number of hydrogen-bond acceptors (Lipinski definition) is 7. The molecule has 0 aromatic heterocycles. The maximum Gasteiger partial charge on any atom is 0.305 e. The first-order chi connectivity index (χ1) is 9.72. The Morgan fingerprint density at radius 3 is 1.95 bits per heavy atom. The lowest BCUT2D eigenvalue weighted by molar-refractivity contribution is -0.271. The Bertz CT molecular complexity index is 404. The van der Waals surface area contributed by atoms with E-state index < -0.39 is 36.4 Å². The van der Waals surface area contributed by atoms with Gasteiger partial charge in [0.2, 0.25) is 6.29 Å². The molecule has 5 atom stereocenters. The third-order valence-corrected chi connectivity index (χ3v) is 3.55. The fraction of sp³-hybridized carbons (Fsp3) is 0.786. The Kier molecular flexibility index (Phi) is 6.14. The highest BCUT2D eigenvalue weighted by Crippen LogP contribution is 2.33. The van der Waals surface area contributed by atoms with E-state index in [-0.39, 0.29) is 18.4 Å². The predicted molar refractivity (Wildman–Crippen MR) is 70.9 cm³/mol. The standard InChI is InChI=1S/C14H22O7/c1-7-8(2)13(19-10(4)16)14(20-11(5)17)21-12(7)6-18-9(3)15/h7-8,12-14H,6H2,1-5H3. The predicted octanol–water partition coefficient (Wildman–Crippen LogP) is 1.04. The van der Waals surface area contributed by atoms with Gasteiger partial charge in [-0.1, -0.05) is 13.8 Å². The number of carbonyl (C=O) groups excluding carboxylic acids is 3. The van der Waals surface area contributed by atoms with Gasteiger partial charge in [0.15, 0.2) is 6.10 Å². The van der Waals surface area contributed by atoms with Crippen LogP contribution in [0.5, 0.6) is 0 Å². The maximum absolute atomic E-state index is 11.2. The van der Waals surface area contributed by atoms with Crippen LogP contribution in [0, 0.1) is 11.8 Å². The normalized spacial score (nSPS) is 32.1. The van der Waals surface area contributed by atoms with Crippen LogP contribution < -0.4 is 0 Å². The van der Waals surface area contributed by atoms with Crippen LogP contribution in [0.25, 0.3) is 0 Å². The average molecular weight is 302 g/mol. The summed E-state index contributed by atoms with van der Waals surface area (Å²) >= 11 is 0. The molecule has 120 valence electrons. The molecule has 0 N–H and O–H groups in total. The minimum atomic E-state index is -1.00. The van der Waals surface area contributed by atoms with E-state index in [9.17, 15) is 14.4 Å². The van der Waals surface area contributed by atoms with Crippen LogP contribution in [0.15, 0.2) is 0 Å². The van der Waals surface area contributed by atoms with Gasteiger partial charge in [0, 0.05) is 26.7 Å². The minimum absolute atomic E-state index is 0.0412. The fourth-order valence-electron chi connectivity index (χ4n) is 2.26. The molecule has 0 aromatic carbocycles. The molecule has 0 radical (unpaired) electrons. The van der Waals surface area contributed by atoms with Crippen molar-refractivity contribution < 1.29 is 33.3 Å². The molecule has 0 spiro atoms. The monoisotopic (exact) mass is 302 g/mol. The molecule has 0 amide bonds. The van der Waals surface area contributed by atoms with Crippen LogP contribution >= 0.6 is 0 Å². The van der Waals surface area contributed by atoms with E-state index in [2.05, 4.69) is 0 Å². The van der Waals surface area contributed by atoms with Gasteiger partial charge in [-0.3, -0.25) is 14.4 Å². The molecule has 1 heterocycles. The maximum atomic E-state index is 11.2. The van der Waals surface area contributed by atoms with Crippen LogP contribution in [-0.4, -0.2) is 43.0 Å². The highest BCUT2D eigenvalue weighted by molar-refractivity contribution is 5.67. The molecule has 0 bridgehead atoms. The van der Waals surface area contributed by atoms with E-state index in [1.165, 1.54) is 20.8 Å². The summed E-state index contributed by atoms with van der Waals surface area (Å²) in [5.41, 5.74) is 0. The lowest BCUT2D eigenvalue weighted by atomic mass is 9.83. The van der Waals surface area contributed by atoms with E-state index in [0.717, 1.165) is 0 Å². The van der Waals surface area contributed by atoms with Crippen molar-refractivity contribution in [3.63, 3.8) is 0 Å². The first-order valence-corrected chi connectivity index (χ1v) is 6.85. The SMILES string of the molecule is CC(=O)OCC1OC(OC(C)=O)C(OC(C)=O)C(C)C1C. The van der Waals surface area contributed by atoms with Crippen molar-refractivity contribution in [2.45, 2.75) is 53.1 Å². The van der Waals surface area contributed by atoms with Gasteiger partial charge >= 0.3 is 17.9 Å². The van der Waals surface area contributed by atoms with Crippen LogP contribution in [-0.2, 0) is 33.3 Å². The Morgan fingerprint density at radius 1 is 0.905 bits per heavy atom. The second-order valence-corrected chi connectivity index (χ2v) is 5.25. The number of hydrogen-bond donors (Lipinski definition) is 0. The molecule has 5 unspecified atom stereocenters. The van der Waals surface area contributed by atoms with Crippen molar-refractivity contribution in [1.82, 2.24) is 0 Å². The highest BCUT2D eigenvalue weighted by atomic mass is 16.7. The highest BCUT2D eigenvalue weighted by Gasteiger charge is 2.45. The largest absolute Gasteiger partial charge is 0.463 e. The molecule has 0 aromatic rings. The number of ether oxygens (including phenoxy) is 4. The van der Waals surface area contributed by atoms with Crippen molar-refractivity contribution >= 4 is 17.9 Å². The molecule has 0 aliphatic carbocycles. The van der Waals surface area contributed by atoms with Crippen molar-refractivity contribution in [2.75, 3.05) is 6.61 Å². The summed E-state index contributed by atoms with van der Waals surface area (Å²) in [6.45, 7) is 7.68. The van der Waals surface area contributed by atoms with Crippen molar-refractivity contribution in [1.29, 1.82) is 0 Å². The second kappa shape index (κ2) is 7.40. The quantitative estimate of drug-likeness (QED) is 0.566. The van der Waals surface area contributed by atoms with Gasteiger partial charge in [-0.15, -0.1) is 0 Å². The molecule has 1 saturated heterocycles. The lowest BCUT2D eigenvalue weighted by Gasteiger charge is -2.42. The van der Waals surface area contributed by atoms with Crippen LogP contribution in [0.2, 0.25) is 0 Å². The molecule has 0 saturated carbocycles. The Hall–Kier alpha value is -1.63. The van der Waals surface area contributed by atoms with Gasteiger partial charge in [-0.05, 0) is 5.92 Å². The summed E-state index contributed by atoms with van der Waals surface area (Å²) in [4.78, 5) is 33.3. The molecule has 21 heavy (non-hydrogen) atoms. The average Bonchev–Trinajstić information content (AvgIpc) is 2.35. The zero-order chi connectivity index (χ0) is 16.2. The van der Waals surface area contributed by atoms with Gasteiger partial charge < -0.3 is 18.9 Å². The smallest absolute Gasteiger partial charge is 0.305 e. The summed E-state index contributed by atoms with van der Waals surface area (Å²) in [5.74, 6) is -1.58. The van der Waals surface area contributed by atoms with Gasteiger partial charge in [0.1, 0.15) is 6.61 Å². The molecule has 1 aliphatic rings. The molecule has 7 heteroatoms. The number of carbonyl (C=O) groups is 3. The van der Waals surface area contributed by atoms with Gasteiger partial charge in [0.05, 0.1) is 6.10 Å². The molecule has 1 aliphatic heterocycles. The van der Waals surface area contributed by atoms with Crippen LogP contribution in [0.4, 0.5) is 0 Å². The minimum Gasteiger partial charge on any atom is -0.463 e. The first-order valence-electron chi connectivity index (χ1n) is 6.85. The van der Waals surface area contributed by atoms with Crippen molar-refractivity contribution in [2.24, 2.45) is 11.8 Å². The molecule has 1 rings (SSSR count). The second-order valence-electron chi connectivity index (χ2n) is 5.25. The molecule has 1 fully saturated rings. The van der Waals surface area contributed by atoms with E-state index in [1.54, 1.807) is 0 Å². The molecular formula is C14H22O7.